The van der Waals surface area contributed by atoms with Gasteiger partial charge in [0.2, 0.25) is 5.91 Å². The van der Waals surface area contributed by atoms with Crippen molar-refractivity contribution in [2.45, 2.75) is 45.1 Å². The Balaban J connectivity index is 1.64. The molecule has 0 radical (unpaired) electrons. The van der Waals surface area contributed by atoms with Gasteiger partial charge in [-0.25, -0.2) is 0 Å². The summed E-state index contributed by atoms with van der Waals surface area (Å²) < 4.78 is 0. The van der Waals surface area contributed by atoms with Crippen LogP contribution in [0.3, 0.4) is 0 Å². The minimum atomic E-state index is 0.0657. The van der Waals surface area contributed by atoms with Gasteiger partial charge in [0.15, 0.2) is 0 Å². The molecule has 0 spiro atoms. The van der Waals surface area contributed by atoms with Crippen LogP contribution in [0.1, 0.15) is 36.8 Å². The van der Waals surface area contributed by atoms with Gasteiger partial charge < -0.3 is 10.6 Å². The van der Waals surface area contributed by atoms with Crippen molar-refractivity contribution in [1.29, 1.82) is 0 Å². The lowest BCUT2D eigenvalue weighted by Gasteiger charge is -2.36. The number of anilines is 1. The Hall–Kier alpha value is -1.35. The molecular formula is C18H24N2O. The maximum atomic E-state index is 13.1. The molecule has 3 aliphatic rings. The molecule has 2 N–H and O–H groups in total. The molecule has 1 amide bonds. The molecule has 4 rings (SSSR count). The first kappa shape index (κ1) is 13.3. The van der Waals surface area contributed by atoms with Crippen molar-refractivity contribution < 1.29 is 4.79 Å². The Labute approximate surface area is 126 Å². The van der Waals surface area contributed by atoms with Crippen molar-refractivity contribution in [3.8, 4) is 0 Å². The lowest BCUT2D eigenvalue weighted by atomic mass is 9.83. The first-order valence-electron chi connectivity index (χ1n) is 8.31. The quantitative estimate of drug-likeness (QED) is 0.861. The Bertz CT molecular complexity index is 581. The molecule has 112 valence electrons. The van der Waals surface area contributed by atoms with E-state index in [2.05, 4.69) is 25.1 Å². The molecule has 3 nitrogen and oxygen atoms in total. The first-order chi connectivity index (χ1) is 10.1. The highest BCUT2D eigenvalue weighted by molar-refractivity contribution is 5.97. The molecule has 1 aromatic rings. The van der Waals surface area contributed by atoms with E-state index < -0.39 is 0 Å². The molecule has 0 aromatic heterocycles. The van der Waals surface area contributed by atoms with Gasteiger partial charge in [-0.2, -0.15) is 0 Å². The first-order valence-corrected chi connectivity index (χ1v) is 8.31. The molecule has 2 aliphatic carbocycles. The second-order valence-electron chi connectivity index (χ2n) is 7.16. The summed E-state index contributed by atoms with van der Waals surface area (Å²) in [6.07, 6.45) is 5.75. The van der Waals surface area contributed by atoms with Gasteiger partial charge in [0.1, 0.15) is 0 Å². The fourth-order valence-corrected chi connectivity index (χ4v) is 4.84. The van der Waals surface area contributed by atoms with Crippen molar-refractivity contribution in [1.82, 2.24) is 0 Å². The van der Waals surface area contributed by atoms with Gasteiger partial charge >= 0.3 is 0 Å². The molecule has 3 heteroatoms. The zero-order valence-electron chi connectivity index (χ0n) is 12.7. The van der Waals surface area contributed by atoms with Gasteiger partial charge in [-0.1, -0.05) is 17.7 Å². The van der Waals surface area contributed by atoms with E-state index in [0.717, 1.165) is 25.1 Å². The SMILES string of the molecule is Cc1ccc2c(c1)CCCN2C(=O)C1C2CCC(C2)C1N. The number of aryl methyl sites for hydroxylation is 2. The number of benzene rings is 1. The van der Waals surface area contributed by atoms with Crippen molar-refractivity contribution in [2.24, 2.45) is 23.5 Å². The van der Waals surface area contributed by atoms with Crippen LogP contribution in [0, 0.1) is 24.7 Å². The van der Waals surface area contributed by atoms with E-state index in [4.69, 9.17) is 5.73 Å². The number of hydrogen-bond acceptors (Lipinski definition) is 2. The highest BCUT2D eigenvalue weighted by atomic mass is 16.2. The van der Waals surface area contributed by atoms with Crippen molar-refractivity contribution >= 4 is 11.6 Å². The van der Waals surface area contributed by atoms with Gasteiger partial charge in [-0.15, -0.1) is 0 Å². The largest absolute Gasteiger partial charge is 0.327 e. The minimum absolute atomic E-state index is 0.0657. The molecule has 1 aliphatic heterocycles. The van der Waals surface area contributed by atoms with Gasteiger partial charge in [0, 0.05) is 18.3 Å². The standard InChI is InChI=1S/C18H24N2O/c1-11-4-7-15-12(9-11)3-2-8-20(15)18(21)16-13-5-6-14(10-13)17(16)19/h4,7,9,13-14,16-17H,2-3,5-6,8,10,19H2,1H3. The lowest BCUT2D eigenvalue weighted by molar-refractivity contribution is -0.124. The topological polar surface area (TPSA) is 46.3 Å². The van der Waals surface area contributed by atoms with Crippen LogP contribution in [0.4, 0.5) is 5.69 Å². The second-order valence-corrected chi connectivity index (χ2v) is 7.16. The van der Waals surface area contributed by atoms with E-state index in [1.165, 1.54) is 30.4 Å². The number of carbonyl (C=O) groups excluding carboxylic acids is 1. The Kier molecular flexibility index (Phi) is 3.07. The van der Waals surface area contributed by atoms with Crippen LogP contribution in [0.25, 0.3) is 0 Å². The molecular weight excluding hydrogens is 260 g/mol. The Morgan fingerprint density at radius 2 is 2.10 bits per heavy atom. The molecule has 1 aromatic carbocycles. The number of fused-ring (bicyclic) bond motifs is 3. The predicted molar refractivity (Wildman–Crippen MR) is 84.1 cm³/mol. The van der Waals surface area contributed by atoms with Crippen LogP contribution in [0.2, 0.25) is 0 Å². The van der Waals surface area contributed by atoms with Crippen molar-refractivity contribution in [3.63, 3.8) is 0 Å². The maximum Gasteiger partial charge on any atom is 0.231 e. The molecule has 4 atom stereocenters. The van der Waals surface area contributed by atoms with E-state index in [9.17, 15) is 4.79 Å². The minimum Gasteiger partial charge on any atom is -0.327 e. The summed E-state index contributed by atoms with van der Waals surface area (Å²) in [5.41, 5.74) is 10.1. The zero-order valence-corrected chi connectivity index (χ0v) is 12.7. The number of amides is 1. The molecule has 21 heavy (non-hydrogen) atoms. The molecule has 2 saturated carbocycles. The van der Waals surface area contributed by atoms with E-state index in [1.54, 1.807) is 0 Å². The number of hydrogen-bond donors (Lipinski definition) is 1. The third-order valence-corrected chi connectivity index (χ3v) is 5.89. The number of nitrogens with two attached hydrogens (primary N) is 1. The third kappa shape index (κ3) is 2.02. The van der Waals surface area contributed by atoms with Crippen LogP contribution in [0.15, 0.2) is 18.2 Å². The van der Waals surface area contributed by atoms with Gasteiger partial charge in [0.05, 0.1) is 5.92 Å². The molecule has 0 saturated heterocycles. The summed E-state index contributed by atoms with van der Waals surface area (Å²) in [5.74, 6) is 1.48. The highest BCUT2D eigenvalue weighted by Gasteiger charge is 2.50. The van der Waals surface area contributed by atoms with Gasteiger partial charge in [-0.05, 0) is 62.5 Å². The molecule has 4 unspecified atom stereocenters. The van der Waals surface area contributed by atoms with Crippen LogP contribution >= 0.6 is 0 Å². The van der Waals surface area contributed by atoms with E-state index in [-0.39, 0.29) is 12.0 Å². The predicted octanol–water partition coefficient (Wildman–Crippen LogP) is 2.65. The summed E-state index contributed by atoms with van der Waals surface area (Å²) in [6.45, 7) is 2.97. The average Bonchev–Trinajstić information content (AvgIpc) is 3.06. The van der Waals surface area contributed by atoms with E-state index >= 15 is 0 Å². The third-order valence-electron chi connectivity index (χ3n) is 5.89. The van der Waals surface area contributed by atoms with Gasteiger partial charge in [-0.3, -0.25) is 4.79 Å². The zero-order chi connectivity index (χ0) is 14.6. The van der Waals surface area contributed by atoms with Crippen LogP contribution < -0.4 is 10.6 Å². The summed E-state index contributed by atoms with van der Waals surface area (Å²) in [6, 6.07) is 6.56. The molecule has 1 heterocycles. The summed E-state index contributed by atoms with van der Waals surface area (Å²) in [4.78, 5) is 15.1. The average molecular weight is 284 g/mol. The second kappa shape index (κ2) is 4.84. The monoisotopic (exact) mass is 284 g/mol. The summed E-state index contributed by atoms with van der Waals surface area (Å²) in [5, 5.41) is 0. The molecule has 2 bridgehead atoms. The Morgan fingerprint density at radius 3 is 2.86 bits per heavy atom. The Morgan fingerprint density at radius 1 is 1.29 bits per heavy atom. The van der Waals surface area contributed by atoms with Crippen LogP contribution in [-0.4, -0.2) is 18.5 Å². The van der Waals surface area contributed by atoms with Crippen molar-refractivity contribution in [3.05, 3.63) is 29.3 Å². The maximum absolute atomic E-state index is 13.1. The van der Waals surface area contributed by atoms with E-state index in [1.807, 2.05) is 4.90 Å². The van der Waals surface area contributed by atoms with Crippen molar-refractivity contribution in [2.75, 3.05) is 11.4 Å². The number of nitrogens with zero attached hydrogens (tertiary/aromatic N) is 1. The smallest absolute Gasteiger partial charge is 0.231 e. The lowest BCUT2D eigenvalue weighted by Crippen LogP contribution is -2.48. The van der Waals surface area contributed by atoms with E-state index in [0.29, 0.717) is 17.7 Å². The normalized spacial score (nSPS) is 34.1. The summed E-state index contributed by atoms with van der Waals surface area (Å²) >= 11 is 0. The summed E-state index contributed by atoms with van der Waals surface area (Å²) in [7, 11) is 0. The number of rotatable bonds is 1. The van der Waals surface area contributed by atoms with Crippen LogP contribution in [-0.2, 0) is 11.2 Å². The molecule has 2 fully saturated rings. The van der Waals surface area contributed by atoms with Gasteiger partial charge in [0.25, 0.3) is 0 Å². The van der Waals surface area contributed by atoms with Crippen LogP contribution in [0.5, 0.6) is 0 Å². The fraction of sp³-hybridized carbons (Fsp3) is 0.611. The number of carbonyl (C=O) groups is 1. The fourth-order valence-electron chi connectivity index (χ4n) is 4.84. The highest BCUT2D eigenvalue weighted by Crippen LogP contribution is 2.48.